The van der Waals surface area contributed by atoms with Gasteiger partial charge in [0, 0.05) is 28.7 Å². The Kier molecular flexibility index (Phi) is 5.18. The van der Waals surface area contributed by atoms with Crippen molar-refractivity contribution in [3.63, 3.8) is 0 Å². The number of hydrogen-bond acceptors (Lipinski definition) is 3. The highest BCUT2D eigenvalue weighted by Gasteiger charge is 2.31. The second-order valence-corrected chi connectivity index (χ2v) is 7.24. The van der Waals surface area contributed by atoms with Crippen molar-refractivity contribution >= 4 is 39.2 Å². The summed E-state index contributed by atoms with van der Waals surface area (Å²) in [5.41, 5.74) is 2.09. The molecule has 120 valence electrons. The van der Waals surface area contributed by atoms with Crippen molar-refractivity contribution in [1.82, 2.24) is 4.90 Å². The Balaban J connectivity index is 1.75. The molecule has 3 nitrogen and oxygen atoms in total. The molecule has 0 radical (unpaired) electrons. The summed E-state index contributed by atoms with van der Waals surface area (Å²) in [7, 11) is 1.63. The summed E-state index contributed by atoms with van der Waals surface area (Å²) < 4.78 is 6.30. The van der Waals surface area contributed by atoms with Crippen molar-refractivity contribution in [3.05, 3.63) is 56.7 Å². The molecule has 0 aliphatic heterocycles. The van der Waals surface area contributed by atoms with Crippen LogP contribution in [0.25, 0.3) is 6.08 Å². The molecule has 0 atom stereocenters. The first-order chi connectivity index (χ1) is 11.2. The number of hydrogen-bond donors (Lipinski definition) is 0. The van der Waals surface area contributed by atoms with Gasteiger partial charge < -0.3 is 9.64 Å². The molecule has 1 saturated carbocycles. The summed E-state index contributed by atoms with van der Waals surface area (Å²) in [6, 6.07) is 8.22. The van der Waals surface area contributed by atoms with Crippen LogP contribution < -0.4 is 4.74 Å². The largest absolute Gasteiger partial charge is 0.496 e. The van der Waals surface area contributed by atoms with Crippen LogP contribution in [0, 0.1) is 0 Å². The Morgan fingerprint density at radius 1 is 1.43 bits per heavy atom. The number of carbonyl (C=O) groups excluding carboxylic acids is 1. The van der Waals surface area contributed by atoms with Crippen LogP contribution in [0.3, 0.4) is 0 Å². The standard InChI is InChI=1S/C18H18BrNO2S/c1-22-17-6-3-15(19)10-14(17)2-7-18(21)20(16-4-5-16)11-13-8-9-23-12-13/h2-3,6-10,12,16H,4-5,11H2,1H3/b7-2+. The highest BCUT2D eigenvalue weighted by Crippen LogP contribution is 2.29. The van der Waals surface area contributed by atoms with E-state index in [4.69, 9.17) is 4.74 Å². The third-order valence-electron chi connectivity index (χ3n) is 3.80. The van der Waals surface area contributed by atoms with Crippen LogP contribution in [-0.2, 0) is 11.3 Å². The van der Waals surface area contributed by atoms with Crippen molar-refractivity contribution in [2.24, 2.45) is 0 Å². The van der Waals surface area contributed by atoms with Crippen LogP contribution in [0.15, 0.2) is 45.6 Å². The molecule has 0 bridgehead atoms. The zero-order valence-electron chi connectivity index (χ0n) is 12.9. The summed E-state index contributed by atoms with van der Waals surface area (Å²) in [5.74, 6) is 0.814. The minimum atomic E-state index is 0.0562. The minimum Gasteiger partial charge on any atom is -0.496 e. The molecule has 1 fully saturated rings. The quantitative estimate of drug-likeness (QED) is 0.666. The zero-order chi connectivity index (χ0) is 16.2. The van der Waals surface area contributed by atoms with Crippen LogP contribution in [0.1, 0.15) is 24.0 Å². The first kappa shape index (κ1) is 16.3. The molecule has 1 aliphatic carbocycles. The highest BCUT2D eigenvalue weighted by molar-refractivity contribution is 9.10. The number of benzene rings is 1. The van der Waals surface area contributed by atoms with Gasteiger partial charge in [-0.15, -0.1) is 0 Å². The number of methoxy groups -OCH3 is 1. The third kappa shape index (κ3) is 4.24. The van der Waals surface area contributed by atoms with E-state index in [1.807, 2.05) is 34.6 Å². The second kappa shape index (κ2) is 7.32. The lowest BCUT2D eigenvalue weighted by molar-refractivity contribution is -0.127. The van der Waals surface area contributed by atoms with Gasteiger partial charge in [-0.05, 0) is 59.5 Å². The van der Waals surface area contributed by atoms with Crippen LogP contribution in [0.4, 0.5) is 0 Å². The number of thiophene rings is 1. The number of ether oxygens (including phenoxy) is 1. The Morgan fingerprint density at radius 3 is 2.91 bits per heavy atom. The van der Waals surface area contributed by atoms with Crippen molar-refractivity contribution in [2.45, 2.75) is 25.4 Å². The first-order valence-corrected chi connectivity index (χ1v) is 9.24. The highest BCUT2D eigenvalue weighted by atomic mass is 79.9. The molecular weight excluding hydrogens is 374 g/mol. The average molecular weight is 392 g/mol. The van der Waals surface area contributed by atoms with E-state index < -0.39 is 0 Å². The van der Waals surface area contributed by atoms with Crippen molar-refractivity contribution in [3.8, 4) is 5.75 Å². The van der Waals surface area contributed by atoms with Gasteiger partial charge >= 0.3 is 0 Å². The van der Waals surface area contributed by atoms with Gasteiger partial charge in [-0.25, -0.2) is 0 Å². The van der Waals surface area contributed by atoms with Crippen molar-refractivity contribution in [2.75, 3.05) is 7.11 Å². The minimum absolute atomic E-state index is 0.0562. The molecule has 2 aromatic rings. The fourth-order valence-electron chi connectivity index (χ4n) is 2.44. The van der Waals surface area contributed by atoms with E-state index in [1.165, 1.54) is 5.56 Å². The monoisotopic (exact) mass is 391 g/mol. The smallest absolute Gasteiger partial charge is 0.247 e. The SMILES string of the molecule is COc1ccc(Br)cc1/C=C/C(=O)N(Cc1ccsc1)C1CC1. The fraction of sp³-hybridized carbons (Fsp3) is 0.278. The van der Waals surface area contributed by atoms with E-state index in [1.54, 1.807) is 24.5 Å². The lowest BCUT2D eigenvalue weighted by atomic mass is 10.2. The van der Waals surface area contributed by atoms with E-state index in [9.17, 15) is 4.79 Å². The molecule has 23 heavy (non-hydrogen) atoms. The van der Waals surface area contributed by atoms with E-state index in [-0.39, 0.29) is 5.91 Å². The molecule has 1 amide bonds. The Labute approximate surface area is 148 Å². The lowest BCUT2D eigenvalue weighted by Crippen LogP contribution is -2.30. The number of carbonyl (C=O) groups is 1. The first-order valence-electron chi connectivity index (χ1n) is 7.50. The predicted octanol–water partition coefficient (Wildman–Crippen LogP) is 4.72. The van der Waals surface area contributed by atoms with Gasteiger partial charge in [0.25, 0.3) is 0 Å². The van der Waals surface area contributed by atoms with Crippen LogP contribution in [0.5, 0.6) is 5.75 Å². The van der Waals surface area contributed by atoms with E-state index in [0.29, 0.717) is 12.6 Å². The maximum Gasteiger partial charge on any atom is 0.247 e. The topological polar surface area (TPSA) is 29.5 Å². The van der Waals surface area contributed by atoms with Crippen LogP contribution in [0.2, 0.25) is 0 Å². The molecule has 1 aromatic carbocycles. The third-order valence-corrected chi connectivity index (χ3v) is 5.03. The Hall–Kier alpha value is -1.59. The van der Waals surface area contributed by atoms with Gasteiger partial charge in [0.1, 0.15) is 5.75 Å². The molecule has 5 heteroatoms. The van der Waals surface area contributed by atoms with Gasteiger partial charge in [0.2, 0.25) is 5.91 Å². The number of rotatable bonds is 6. The molecule has 0 saturated heterocycles. The number of halogens is 1. The summed E-state index contributed by atoms with van der Waals surface area (Å²) in [6.07, 6.45) is 5.68. The molecule has 1 aliphatic rings. The molecule has 1 aromatic heterocycles. The predicted molar refractivity (Wildman–Crippen MR) is 97.6 cm³/mol. The second-order valence-electron chi connectivity index (χ2n) is 5.55. The molecule has 3 rings (SSSR count). The Morgan fingerprint density at radius 2 is 2.26 bits per heavy atom. The van der Waals surface area contributed by atoms with Gasteiger partial charge in [-0.3, -0.25) is 4.79 Å². The maximum absolute atomic E-state index is 12.6. The molecule has 0 unspecified atom stereocenters. The van der Waals surface area contributed by atoms with Crippen molar-refractivity contribution < 1.29 is 9.53 Å². The number of nitrogens with zero attached hydrogens (tertiary/aromatic N) is 1. The van der Waals surface area contributed by atoms with Gasteiger partial charge in [0.15, 0.2) is 0 Å². The van der Waals surface area contributed by atoms with Crippen LogP contribution in [-0.4, -0.2) is 24.0 Å². The van der Waals surface area contributed by atoms with E-state index in [0.717, 1.165) is 28.6 Å². The lowest BCUT2D eigenvalue weighted by Gasteiger charge is -2.20. The van der Waals surface area contributed by atoms with Gasteiger partial charge in [-0.2, -0.15) is 11.3 Å². The Bertz CT molecular complexity index is 708. The molecule has 0 spiro atoms. The zero-order valence-corrected chi connectivity index (χ0v) is 15.3. The maximum atomic E-state index is 12.6. The molecular formula is C18H18BrNO2S. The van der Waals surface area contributed by atoms with E-state index in [2.05, 4.69) is 27.4 Å². The summed E-state index contributed by atoms with van der Waals surface area (Å²) >= 11 is 5.12. The van der Waals surface area contributed by atoms with Gasteiger partial charge in [0.05, 0.1) is 7.11 Å². The normalized spacial score (nSPS) is 14.2. The van der Waals surface area contributed by atoms with Crippen LogP contribution >= 0.6 is 27.3 Å². The van der Waals surface area contributed by atoms with E-state index >= 15 is 0 Å². The summed E-state index contributed by atoms with van der Waals surface area (Å²) in [5, 5.41) is 4.15. The molecule has 1 heterocycles. The average Bonchev–Trinajstić information content (AvgIpc) is 3.26. The van der Waals surface area contributed by atoms with Crippen molar-refractivity contribution in [1.29, 1.82) is 0 Å². The summed E-state index contributed by atoms with van der Waals surface area (Å²) in [6.45, 7) is 0.687. The summed E-state index contributed by atoms with van der Waals surface area (Å²) in [4.78, 5) is 14.6. The van der Waals surface area contributed by atoms with Gasteiger partial charge in [-0.1, -0.05) is 15.9 Å². The number of amides is 1. The molecule has 0 N–H and O–H groups in total. The fourth-order valence-corrected chi connectivity index (χ4v) is 3.48.